The highest BCUT2D eigenvalue weighted by molar-refractivity contribution is 14.0. The molecule has 0 saturated heterocycles. The van der Waals surface area contributed by atoms with Crippen molar-refractivity contribution in [1.29, 1.82) is 0 Å². The molecule has 0 aliphatic rings. The predicted molar refractivity (Wildman–Crippen MR) is 119 cm³/mol. The largest absolute Gasteiger partial charge is 0.491 e. The van der Waals surface area contributed by atoms with Crippen LogP contribution < -0.4 is 15.4 Å². The van der Waals surface area contributed by atoms with Crippen molar-refractivity contribution < 1.29 is 9.84 Å². The maximum atomic E-state index is 10.6. The first-order chi connectivity index (χ1) is 12.4. The second-order valence-electron chi connectivity index (χ2n) is 6.41. The number of aliphatic hydroxyl groups is 1. The van der Waals surface area contributed by atoms with E-state index in [-0.39, 0.29) is 30.5 Å². The molecular weight excluding hydrogens is 457 g/mol. The second-order valence-corrected chi connectivity index (χ2v) is 6.41. The molecule has 3 N–H and O–H groups in total. The summed E-state index contributed by atoms with van der Waals surface area (Å²) in [6, 6.07) is 7.93. The number of hydrogen-bond acceptors (Lipinski definition) is 4. The van der Waals surface area contributed by atoms with Gasteiger partial charge < -0.3 is 20.5 Å². The van der Waals surface area contributed by atoms with Gasteiger partial charge in [-0.05, 0) is 32.4 Å². The van der Waals surface area contributed by atoms with E-state index in [9.17, 15) is 5.11 Å². The summed E-state index contributed by atoms with van der Waals surface area (Å²) < 4.78 is 7.44. The minimum absolute atomic E-state index is 0. The van der Waals surface area contributed by atoms with Crippen molar-refractivity contribution in [1.82, 2.24) is 20.4 Å². The molecule has 2 rings (SSSR count). The molecule has 1 heterocycles. The molecule has 0 spiro atoms. The molecule has 1 atom stereocenters. The smallest absolute Gasteiger partial charge is 0.191 e. The van der Waals surface area contributed by atoms with E-state index in [1.54, 1.807) is 24.0 Å². The van der Waals surface area contributed by atoms with Gasteiger partial charge in [0.1, 0.15) is 18.0 Å². The summed E-state index contributed by atoms with van der Waals surface area (Å²) >= 11 is 0. The summed E-state index contributed by atoms with van der Waals surface area (Å²) in [7, 11) is 1.82. The highest BCUT2D eigenvalue weighted by atomic mass is 127. The third-order valence-electron chi connectivity index (χ3n) is 3.96. The topological polar surface area (TPSA) is 83.7 Å². The van der Waals surface area contributed by atoms with Gasteiger partial charge in [-0.3, -0.25) is 4.68 Å². The maximum absolute atomic E-state index is 10.6. The number of benzene rings is 1. The van der Waals surface area contributed by atoms with Gasteiger partial charge >= 0.3 is 0 Å². The van der Waals surface area contributed by atoms with Crippen LogP contribution in [0.15, 0.2) is 41.7 Å². The van der Waals surface area contributed by atoms with Crippen molar-refractivity contribution in [3.05, 3.63) is 47.8 Å². The summed E-state index contributed by atoms with van der Waals surface area (Å²) in [5, 5.41) is 21.1. The molecule has 8 heteroatoms. The first-order valence-corrected chi connectivity index (χ1v) is 8.84. The van der Waals surface area contributed by atoms with Crippen LogP contribution in [0.25, 0.3) is 0 Å². The van der Waals surface area contributed by atoms with Gasteiger partial charge in [0.2, 0.25) is 0 Å². The Bertz CT molecular complexity index is 730. The van der Waals surface area contributed by atoms with Gasteiger partial charge in [0.05, 0.1) is 19.3 Å². The lowest BCUT2D eigenvalue weighted by atomic mass is 10.0. The van der Waals surface area contributed by atoms with Gasteiger partial charge in [0, 0.05) is 25.4 Å². The molecule has 7 nitrogen and oxygen atoms in total. The van der Waals surface area contributed by atoms with Gasteiger partial charge in [0.15, 0.2) is 5.96 Å². The number of nitrogens with zero attached hydrogens (tertiary/aromatic N) is 3. The number of aromatic nitrogens is 2. The standard InChI is InChI=1S/C19H29N5O2.HI/c1-5-20-18(21-10-11-26-17-9-7-6-8-15(17)2)22-14-19(3,25)16-12-23-24(4)13-16;/h6-9,12-13,25H,5,10-11,14H2,1-4H3,(H2,20,21,22);1H. The van der Waals surface area contributed by atoms with Crippen molar-refractivity contribution in [2.24, 2.45) is 12.0 Å². The molecule has 0 saturated carbocycles. The van der Waals surface area contributed by atoms with Crippen LogP contribution in [0.5, 0.6) is 5.75 Å². The quantitative estimate of drug-likeness (QED) is 0.230. The van der Waals surface area contributed by atoms with Crippen LogP contribution >= 0.6 is 24.0 Å². The Labute approximate surface area is 178 Å². The SMILES string of the molecule is CCNC(=NCC(C)(O)c1cnn(C)c1)NCCOc1ccccc1C.I. The average molecular weight is 487 g/mol. The number of para-hydroxylation sites is 1. The van der Waals surface area contributed by atoms with E-state index in [4.69, 9.17) is 4.74 Å². The minimum atomic E-state index is -1.08. The van der Waals surface area contributed by atoms with Crippen molar-refractivity contribution in [2.75, 3.05) is 26.2 Å². The normalized spacial score (nSPS) is 13.4. The number of aryl methyl sites for hydroxylation is 2. The lowest BCUT2D eigenvalue weighted by Gasteiger charge is -2.20. The van der Waals surface area contributed by atoms with E-state index in [2.05, 4.69) is 20.7 Å². The Balaban J connectivity index is 0.00000364. The molecule has 0 aliphatic heterocycles. The zero-order valence-electron chi connectivity index (χ0n) is 16.4. The maximum Gasteiger partial charge on any atom is 0.191 e. The summed E-state index contributed by atoms with van der Waals surface area (Å²) in [6.45, 7) is 7.85. The van der Waals surface area contributed by atoms with Crippen LogP contribution in [0.3, 0.4) is 0 Å². The Morgan fingerprint density at radius 3 is 2.70 bits per heavy atom. The lowest BCUT2D eigenvalue weighted by molar-refractivity contribution is 0.0672. The Hall–Kier alpha value is -1.81. The van der Waals surface area contributed by atoms with Crippen molar-refractivity contribution in [3.63, 3.8) is 0 Å². The van der Waals surface area contributed by atoms with Crippen LogP contribution in [0.4, 0.5) is 0 Å². The fourth-order valence-electron chi connectivity index (χ4n) is 2.41. The first kappa shape index (κ1) is 23.2. The highest BCUT2D eigenvalue weighted by Gasteiger charge is 2.24. The van der Waals surface area contributed by atoms with E-state index < -0.39 is 5.60 Å². The molecule has 0 aliphatic carbocycles. The van der Waals surface area contributed by atoms with Crippen LogP contribution in [0.1, 0.15) is 25.0 Å². The molecule has 0 bridgehead atoms. The van der Waals surface area contributed by atoms with E-state index in [1.165, 1.54) is 0 Å². The van der Waals surface area contributed by atoms with Gasteiger partial charge in [-0.25, -0.2) is 4.99 Å². The summed E-state index contributed by atoms with van der Waals surface area (Å²) in [5.74, 6) is 1.53. The van der Waals surface area contributed by atoms with E-state index in [0.717, 1.165) is 23.4 Å². The van der Waals surface area contributed by atoms with Crippen molar-refractivity contribution in [2.45, 2.75) is 26.4 Å². The molecule has 0 fully saturated rings. The van der Waals surface area contributed by atoms with Crippen molar-refractivity contribution >= 4 is 29.9 Å². The van der Waals surface area contributed by atoms with Crippen LogP contribution in [-0.4, -0.2) is 47.1 Å². The van der Waals surface area contributed by atoms with Gasteiger partial charge in [-0.1, -0.05) is 18.2 Å². The van der Waals surface area contributed by atoms with Crippen molar-refractivity contribution in [3.8, 4) is 5.75 Å². The van der Waals surface area contributed by atoms with Gasteiger partial charge in [-0.2, -0.15) is 5.10 Å². The highest BCUT2D eigenvalue weighted by Crippen LogP contribution is 2.19. The third-order valence-corrected chi connectivity index (χ3v) is 3.96. The zero-order chi connectivity index (χ0) is 19.0. The lowest BCUT2D eigenvalue weighted by Crippen LogP contribution is -2.40. The van der Waals surface area contributed by atoms with E-state index in [0.29, 0.717) is 19.1 Å². The molecule has 0 amide bonds. The number of hydrogen-bond donors (Lipinski definition) is 3. The van der Waals surface area contributed by atoms with Crippen LogP contribution in [-0.2, 0) is 12.6 Å². The molecule has 2 aromatic rings. The third kappa shape index (κ3) is 7.37. The summed E-state index contributed by atoms with van der Waals surface area (Å²) in [4.78, 5) is 4.48. The number of aliphatic imine (C=N–C) groups is 1. The molecule has 150 valence electrons. The number of nitrogens with one attached hydrogen (secondary N) is 2. The Kier molecular flexibility index (Phi) is 9.57. The number of guanidine groups is 1. The summed E-state index contributed by atoms with van der Waals surface area (Å²) in [6.07, 6.45) is 3.46. The van der Waals surface area contributed by atoms with Crippen LogP contribution in [0.2, 0.25) is 0 Å². The second kappa shape index (κ2) is 11.1. The minimum Gasteiger partial charge on any atom is -0.491 e. The van der Waals surface area contributed by atoms with E-state index >= 15 is 0 Å². The molecule has 1 unspecified atom stereocenters. The first-order valence-electron chi connectivity index (χ1n) is 8.84. The summed E-state index contributed by atoms with van der Waals surface area (Å²) in [5.41, 5.74) is 0.775. The van der Waals surface area contributed by atoms with Crippen LogP contribution in [0, 0.1) is 6.92 Å². The Morgan fingerprint density at radius 2 is 2.07 bits per heavy atom. The fourth-order valence-corrected chi connectivity index (χ4v) is 2.41. The number of ether oxygens (including phenoxy) is 1. The monoisotopic (exact) mass is 487 g/mol. The molecular formula is C19H30IN5O2. The average Bonchev–Trinajstić information content (AvgIpc) is 3.05. The van der Waals surface area contributed by atoms with Gasteiger partial charge in [-0.15, -0.1) is 24.0 Å². The number of rotatable bonds is 8. The zero-order valence-corrected chi connectivity index (χ0v) is 18.7. The predicted octanol–water partition coefficient (Wildman–Crippen LogP) is 2.19. The number of halogens is 1. The molecule has 27 heavy (non-hydrogen) atoms. The molecule has 1 aromatic carbocycles. The van der Waals surface area contributed by atoms with Gasteiger partial charge in [0.25, 0.3) is 0 Å². The Morgan fingerprint density at radius 1 is 1.33 bits per heavy atom. The molecule has 0 radical (unpaired) electrons. The molecule has 1 aromatic heterocycles. The fraction of sp³-hybridized carbons (Fsp3) is 0.474. The van der Waals surface area contributed by atoms with E-state index in [1.807, 2.05) is 45.2 Å².